The Bertz CT molecular complexity index is 454. The molecule has 0 bridgehead atoms. The van der Waals surface area contributed by atoms with Crippen molar-refractivity contribution in [1.29, 1.82) is 0 Å². The third kappa shape index (κ3) is 3.54. The number of hydrogen-bond donors (Lipinski definition) is 1. The molecule has 0 atom stereocenters. The standard InChI is InChI=1S/C13H14ClF3O2/c14-11-8-9(19-13(15,16)17)4-5-10(11)12(18)6-2-1-3-7-12/h4-5,8,18H,1-3,6-7H2. The van der Waals surface area contributed by atoms with Crippen LogP contribution in [0.25, 0.3) is 0 Å². The first-order chi connectivity index (χ1) is 8.80. The number of hydrogen-bond acceptors (Lipinski definition) is 2. The minimum absolute atomic E-state index is 0.103. The zero-order valence-electron chi connectivity index (χ0n) is 10.1. The fourth-order valence-electron chi connectivity index (χ4n) is 2.48. The highest BCUT2D eigenvalue weighted by Crippen LogP contribution is 2.41. The SMILES string of the molecule is OC1(c2ccc(OC(F)(F)F)cc2Cl)CCCCC1. The largest absolute Gasteiger partial charge is 0.573 e. The molecule has 1 saturated carbocycles. The fraction of sp³-hybridized carbons (Fsp3) is 0.538. The van der Waals surface area contributed by atoms with Gasteiger partial charge in [-0.25, -0.2) is 0 Å². The van der Waals surface area contributed by atoms with E-state index in [-0.39, 0.29) is 10.8 Å². The van der Waals surface area contributed by atoms with Crippen LogP contribution in [0.1, 0.15) is 37.7 Å². The molecule has 0 saturated heterocycles. The molecule has 106 valence electrons. The molecule has 0 amide bonds. The van der Waals surface area contributed by atoms with E-state index in [0.717, 1.165) is 25.3 Å². The molecular weight excluding hydrogens is 281 g/mol. The molecule has 1 aromatic rings. The number of alkyl halides is 3. The molecule has 1 aliphatic carbocycles. The summed E-state index contributed by atoms with van der Waals surface area (Å²) in [5.41, 5.74) is -0.560. The van der Waals surface area contributed by atoms with Crippen molar-refractivity contribution in [3.63, 3.8) is 0 Å². The average molecular weight is 295 g/mol. The summed E-state index contributed by atoms with van der Waals surface area (Å²) in [6, 6.07) is 3.69. The van der Waals surface area contributed by atoms with Crippen LogP contribution in [0.2, 0.25) is 5.02 Å². The Kier molecular flexibility index (Phi) is 3.97. The summed E-state index contributed by atoms with van der Waals surface area (Å²) in [6.07, 6.45) is -0.776. The molecule has 1 aromatic carbocycles. The lowest BCUT2D eigenvalue weighted by Crippen LogP contribution is -2.28. The predicted octanol–water partition coefficient (Wildman–Crippen LogP) is 4.39. The van der Waals surface area contributed by atoms with Gasteiger partial charge in [-0.15, -0.1) is 13.2 Å². The van der Waals surface area contributed by atoms with Crippen LogP contribution in [0.5, 0.6) is 5.75 Å². The maximum atomic E-state index is 12.1. The first kappa shape index (κ1) is 14.5. The molecule has 6 heteroatoms. The summed E-state index contributed by atoms with van der Waals surface area (Å²) in [5, 5.41) is 10.6. The van der Waals surface area contributed by atoms with Crippen molar-refractivity contribution in [2.24, 2.45) is 0 Å². The molecule has 0 aliphatic heterocycles. The third-order valence-corrected chi connectivity index (χ3v) is 3.67. The molecule has 0 radical (unpaired) electrons. The van der Waals surface area contributed by atoms with Crippen molar-refractivity contribution in [1.82, 2.24) is 0 Å². The molecule has 0 heterocycles. The maximum Gasteiger partial charge on any atom is 0.573 e. The van der Waals surface area contributed by atoms with E-state index in [0.29, 0.717) is 18.4 Å². The average Bonchev–Trinajstić information content (AvgIpc) is 2.27. The van der Waals surface area contributed by atoms with Gasteiger partial charge in [0.15, 0.2) is 0 Å². The molecule has 19 heavy (non-hydrogen) atoms. The summed E-state index contributed by atoms with van der Waals surface area (Å²) < 4.78 is 40.1. The van der Waals surface area contributed by atoms with Crippen molar-refractivity contribution in [3.8, 4) is 5.75 Å². The first-order valence-electron chi connectivity index (χ1n) is 6.08. The van der Waals surface area contributed by atoms with Crippen LogP contribution in [0.3, 0.4) is 0 Å². The van der Waals surface area contributed by atoms with Gasteiger partial charge in [0.2, 0.25) is 0 Å². The smallest absolute Gasteiger partial charge is 0.406 e. The van der Waals surface area contributed by atoms with E-state index < -0.39 is 12.0 Å². The topological polar surface area (TPSA) is 29.5 Å². The maximum absolute atomic E-state index is 12.1. The molecule has 0 spiro atoms. The van der Waals surface area contributed by atoms with Crippen LogP contribution in [0, 0.1) is 0 Å². The Labute approximate surface area is 114 Å². The molecule has 1 fully saturated rings. The zero-order chi connectivity index (χ0) is 14.1. The van der Waals surface area contributed by atoms with Crippen molar-refractivity contribution < 1.29 is 23.0 Å². The molecule has 2 nitrogen and oxygen atoms in total. The molecule has 1 N–H and O–H groups in total. The second kappa shape index (κ2) is 5.21. The van der Waals surface area contributed by atoms with Crippen molar-refractivity contribution in [2.45, 2.75) is 44.1 Å². The number of ether oxygens (including phenoxy) is 1. The quantitative estimate of drug-likeness (QED) is 0.876. The monoisotopic (exact) mass is 294 g/mol. The van der Waals surface area contributed by atoms with Gasteiger partial charge in [-0.3, -0.25) is 0 Å². The van der Waals surface area contributed by atoms with Gasteiger partial charge >= 0.3 is 6.36 Å². The highest BCUT2D eigenvalue weighted by molar-refractivity contribution is 6.31. The zero-order valence-corrected chi connectivity index (χ0v) is 10.9. The number of halogens is 4. The van der Waals surface area contributed by atoms with E-state index in [2.05, 4.69) is 4.74 Å². The van der Waals surface area contributed by atoms with Crippen molar-refractivity contribution in [2.75, 3.05) is 0 Å². The first-order valence-corrected chi connectivity index (χ1v) is 6.46. The highest BCUT2D eigenvalue weighted by atomic mass is 35.5. The van der Waals surface area contributed by atoms with Crippen LogP contribution in [0.4, 0.5) is 13.2 Å². The lowest BCUT2D eigenvalue weighted by atomic mass is 9.80. The van der Waals surface area contributed by atoms with Gasteiger partial charge in [0, 0.05) is 5.56 Å². The van der Waals surface area contributed by atoms with Gasteiger partial charge in [-0.2, -0.15) is 0 Å². The number of benzene rings is 1. The summed E-state index contributed by atoms with van der Waals surface area (Å²) in [6.45, 7) is 0. The number of aliphatic hydroxyl groups is 1. The molecule has 0 unspecified atom stereocenters. The van der Waals surface area contributed by atoms with Crippen LogP contribution in [-0.4, -0.2) is 11.5 Å². The van der Waals surface area contributed by atoms with Crippen molar-refractivity contribution >= 4 is 11.6 Å². The van der Waals surface area contributed by atoms with E-state index in [1.165, 1.54) is 12.1 Å². The van der Waals surface area contributed by atoms with E-state index in [9.17, 15) is 18.3 Å². The molecule has 1 aliphatic rings. The second-order valence-corrected chi connectivity index (χ2v) is 5.19. The van der Waals surface area contributed by atoms with Crippen molar-refractivity contribution in [3.05, 3.63) is 28.8 Å². The third-order valence-electron chi connectivity index (χ3n) is 3.36. The van der Waals surface area contributed by atoms with Gasteiger partial charge in [0.05, 0.1) is 10.6 Å². The van der Waals surface area contributed by atoms with Crippen LogP contribution in [-0.2, 0) is 5.60 Å². The van der Waals surface area contributed by atoms with E-state index in [1.54, 1.807) is 0 Å². The Morgan fingerprint density at radius 1 is 1.16 bits per heavy atom. The molecule has 2 rings (SSSR count). The summed E-state index contributed by atoms with van der Waals surface area (Å²) in [7, 11) is 0. The Balaban J connectivity index is 2.24. The van der Waals surface area contributed by atoms with Crippen LogP contribution >= 0.6 is 11.6 Å². The normalized spacial score (nSPS) is 19.2. The van der Waals surface area contributed by atoms with Crippen LogP contribution in [0.15, 0.2) is 18.2 Å². The lowest BCUT2D eigenvalue weighted by Gasteiger charge is -2.33. The molecular formula is C13H14ClF3O2. The van der Waals surface area contributed by atoms with Gasteiger partial charge < -0.3 is 9.84 Å². The van der Waals surface area contributed by atoms with Crippen LogP contribution < -0.4 is 4.74 Å². The predicted molar refractivity (Wildman–Crippen MR) is 65.1 cm³/mol. The van der Waals surface area contributed by atoms with E-state index >= 15 is 0 Å². The van der Waals surface area contributed by atoms with Gasteiger partial charge in [0.25, 0.3) is 0 Å². The highest BCUT2D eigenvalue weighted by Gasteiger charge is 2.34. The van der Waals surface area contributed by atoms with E-state index in [1.807, 2.05) is 0 Å². The Hall–Kier alpha value is -0.940. The Morgan fingerprint density at radius 3 is 2.32 bits per heavy atom. The minimum Gasteiger partial charge on any atom is -0.406 e. The summed E-state index contributed by atoms with van der Waals surface area (Å²) in [4.78, 5) is 0. The van der Waals surface area contributed by atoms with Gasteiger partial charge in [0.1, 0.15) is 5.75 Å². The fourth-order valence-corrected chi connectivity index (χ4v) is 2.82. The number of rotatable bonds is 2. The summed E-state index contributed by atoms with van der Waals surface area (Å²) in [5.74, 6) is -0.374. The Morgan fingerprint density at radius 2 is 1.79 bits per heavy atom. The van der Waals surface area contributed by atoms with Gasteiger partial charge in [-0.1, -0.05) is 36.9 Å². The molecule has 0 aromatic heterocycles. The minimum atomic E-state index is -4.74. The van der Waals surface area contributed by atoms with Gasteiger partial charge in [-0.05, 0) is 25.0 Å². The summed E-state index contributed by atoms with van der Waals surface area (Å²) >= 11 is 5.97. The second-order valence-electron chi connectivity index (χ2n) is 4.78. The van der Waals surface area contributed by atoms with E-state index in [4.69, 9.17) is 11.6 Å². The lowest BCUT2D eigenvalue weighted by molar-refractivity contribution is -0.274.